The number of esters is 1. The van der Waals surface area contributed by atoms with Crippen LogP contribution in [0.25, 0.3) is 0 Å². The molecule has 0 aromatic heterocycles. The van der Waals surface area contributed by atoms with Crippen molar-refractivity contribution in [3.05, 3.63) is 0 Å². The SMILES string of the molecule is CC(C)OC(=O)C(C)N1CCN(C)CC1. The number of nitrogens with zero attached hydrogens (tertiary/aromatic N) is 2. The zero-order chi connectivity index (χ0) is 11.4. The lowest BCUT2D eigenvalue weighted by atomic mass is 10.2. The second-order valence-electron chi connectivity index (χ2n) is 4.50. The zero-order valence-corrected chi connectivity index (χ0v) is 10.2. The van der Waals surface area contributed by atoms with Gasteiger partial charge in [-0.15, -0.1) is 0 Å². The third-order valence-electron chi connectivity index (χ3n) is 2.78. The van der Waals surface area contributed by atoms with E-state index in [9.17, 15) is 4.79 Å². The van der Waals surface area contributed by atoms with Crippen LogP contribution in [0.5, 0.6) is 0 Å². The molecule has 15 heavy (non-hydrogen) atoms. The second-order valence-corrected chi connectivity index (χ2v) is 4.50. The second kappa shape index (κ2) is 5.47. The molecular formula is C11H22N2O2. The van der Waals surface area contributed by atoms with Crippen molar-refractivity contribution < 1.29 is 9.53 Å². The van der Waals surface area contributed by atoms with Crippen molar-refractivity contribution >= 4 is 5.97 Å². The number of piperazine rings is 1. The Morgan fingerprint density at radius 1 is 1.13 bits per heavy atom. The summed E-state index contributed by atoms with van der Waals surface area (Å²) < 4.78 is 5.20. The van der Waals surface area contributed by atoms with Gasteiger partial charge in [0.2, 0.25) is 0 Å². The van der Waals surface area contributed by atoms with Gasteiger partial charge < -0.3 is 9.64 Å². The minimum absolute atomic E-state index is 0.0209. The Labute approximate surface area is 92.2 Å². The quantitative estimate of drug-likeness (QED) is 0.643. The van der Waals surface area contributed by atoms with E-state index in [2.05, 4.69) is 16.8 Å². The first kappa shape index (κ1) is 12.5. The number of ether oxygens (including phenoxy) is 1. The highest BCUT2D eigenvalue weighted by atomic mass is 16.5. The molecule has 0 amide bonds. The minimum Gasteiger partial charge on any atom is -0.462 e. The predicted molar refractivity (Wildman–Crippen MR) is 59.8 cm³/mol. The largest absolute Gasteiger partial charge is 0.462 e. The zero-order valence-electron chi connectivity index (χ0n) is 10.2. The Morgan fingerprint density at radius 2 is 1.67 bits per heavy atom. The first-order chi connectivity index (χ1) is 7.00. The maximum Gasteiger partial charge on any atom is 0.323 e. The summed E-state index contributed by atoms with van der Waals surface area (Å²) in [5.41, 5.74) is 0. The summed E-state index contributed by atoms with van der Waals surface area (Å²) in [6.45, 7) is 9.65. The lowest BCUT2D eigenvalue weighted by molar-refractivity contribution is -0.153. The molecule has 1 fully saturated rings. The van der Waals surface area contributed by atoms with E-state index >= 15 is 0 Å². The molecule has 0 N–H and O–H groups in total. The Balaban J connectivity index is 2.39. The molecule has 1 aliphatic rings. The van der Waals surface area contributed by atoms with Gasteiger partial charge in [0.1, 0.15) is 6.04 Å². The first-order valence-electron chi connectivity index (χ1n) is 5.64. The van der Waals surface area contributed by atoms with Gasteiger partial charge in [-0.25, -0.2) is 0 Å². The normalized spacial score (nSPS) is 21.7. The van der Waals surface area contributed by atoms with Crippen LogP contribution in [-0.2, 0) is 9.53 Å². The molecule has 0 bridgehead atoms. The molecule has 1 rings (SSSR count). The minimum atomic E-state index is -0.110. The molecule has 0 saturated carbocycles. The van der Waals surface area contributed by atoms with Crippen molar-refractivity contribution in [2.24, 2.45) is 0 Å². The van der Waals surface area contributed by atoms with Gasteiger partial charge in [-0.1, -0.05) is 0 Å². The van der Waals surface area contributed by atoms with Crippen molar-refractivity contribution in [3.63, 3.8) is 0 Å². The van der Waals surface area contributed by atoms with Gasteiger partial charge in [0, 0.05) is 26.2 Å². The van der Waals surface area contributed by atoms with E-state index in [1.807, 2.05) is 20.8 Å². The summed E-state index contributed by atoms with van der Waals surface area (Å²) in [6.07, 6.45) is -0.0209. The molecule has 1 unspecified atom stereocenters. The van der Waals surface area contributed by atoms with Crippen LogP contribution in [0, 0.1) is 0 Å². The van der Waals surface area contributed by atoms with Crippen LogP contribution in [0.3, 0.4) is 0 Å². The number of carbonyl (C=O) groups excluding carboxylic acids is 1. The fourth-order valence-electron chi connectivity index (χ4n) is 1.69. The molecule has 4 heteroatoms. The average Bonchev–Trinajstić information content (AvgIpc) is 2.17. The molecule has 0 aromatic carbocycles. The van der Waals surface area contributed by atoms with E-state index in [1.54, 1.807) is 0 Å². The molecule has 0 aliphatic carbocycles. The number of rotatable bonds is 3. The van der Waals surface area contributed by atoms with Crippen LogP contribution in [-0.4, -0.2) is 61.1 Å². The van der Waals surface area contributed by atoms with Crippen LogP contribution in [0.2, 0.25) is 0 Å². The summed E-state index contributed by atoms with van der Waals surface area (Å²) in [6, 6.07) is -0.110. The summed E-state index contributed by atoms with van der Waals surface area (Å²) in [5.74, 6) is -0.102. The van der Waals surface area contributed by atoms with Gasteiger partial charge in [0.05, 0.1) is 6.10 Å². The highest BCUT2D eigenvalue weighted by molar-refractivity contribution is 5.75. The van der Waals surface area contributed by atoms with Crippen LogP contribution < -0.4 is 0 Å². The molecule has 1 atom stereocenters. The molecule has 0 radical (unpaired) electrons. The van der Waals surface area contributed by atoms with Crippen LogP contribution in [0.4, 0.5) is 0 Å². The standard InChI is InChI=1S/C11H22N2O2/c1-9(2)15-11(14)10(3)13-7-5-12(4)6-8-13/h9-10H,5-8H2,1-4H3. The maximum atomic E-state index is 11.7. The number of hydrogen-bond acceptors (Lipinski definition) is 4. The third kappa shape index (κ3) is 3.80. The number of likely N-dealkylation sites (N-methyl/N-ethyl adjacent to an activating group) is 1. The first-order valence-corrected chi connectivity index (χ1v) is 5.64. The summed E-state index contributed by atoms with van der Waals surface area (Å²) in [7, 11) is 2.11. The molecular weight excluding hydrogens is 192 g/mol. The molecule has 1 aliphatic heterocycles. The maximum absolute atomic E-state index is 11.7. The molecule has 1 saturated heterocycles. The van der Waals surface area contributed by atoms with Crippen LogP contribution >= 0.6 is 0 Å². The Kier molecular flexibility index (Phi) is 4.54. The summed E-state index contributed by atoms with van der Waals surface area (Å²) >= 11 is 0. The van der Waals surface area contributed by atoms with Gasteiger partial charge >= 0.3 is 5.97 Å². The van der Waals surface area contributed by atoms with Crippen molar-refractivity contribution in [2.45, 2.75) is 32.9 Å². The molecule has 88 valence electrons. The van der Waals surface area contributed by atoms with E-state index in [0.29, 0.717) is 0 Å². The number of carbonyl (C=O) groups is 1. The topological polar surface area (TPSA) is 32.8 Å². The predicted octanol–water partition coefficient (Wildman–Crippen LogP) is 0.574. The van der Waals surface area contributed by atoms with Gasteiger partial charge in [0.25, 0.3) is 0 Å². The molecule has 0 aromatic rings. The van der Waals surface area contributed by atoms with Crippen molar-refractivity contribution in [2.75, 3.05) is 33.2 Å². The van der Waals surface area contributed by atoms with E-state index < -0.39 is 0 Å². The average molecular weight is 214 g/mol. The fourth-order valence-corrected chi connectivity index (χ4v) is 1.69. The molecule has 0 spiro atoms. The van der Waals surface area contributed by atoms with E-state index in [4.69, 9.17) is 4.74 Å². The Hall–Kier alpha value is -0.610. The number of hydrogen-bond donors (Lipinski definition) is 0. The highest BCUT2D eigenvalue weighted by Gasteiger charge is 2.25. The van der Waals surface area contributed by atoms with E-state index in [1.165, 1.54) is 0 Å². The van der Waals surface area contributed by atoms with Gasteiger partial charge in [-0.05, 0) is 27.8 Å². The van der Waals surface area contributed by atoms with Crippen molar-refractivity contribution in [1.29, 1.82) is 0 Å². The lowest BCUT2D eigenvalue weighted by Crippen LogP contribution is -2.51. The third-order valence-corrected chi connectivity index (χ3v) is 2.78. The van der Waals surface area contributed by atoms with Gasteiger partial charge in [-0.3, -0.25) is 9.69 Å². The summed E-state index contributed by atoms with van der Waals surface area (Å²) in [4.78, 5) is 16.1. The highest BCUT2D eigenvalue weighted by Crippen LogP contribution is 2.07. The monoisotopic (exact) mass is 214 g/mol. The van der Waals surface area contributed by atoms with Crippen LogP contribution in [0.1, 0.15) is 20.8 Å². The van der Waals surface area contributed by atoms with Crippen molar-refractivity contribution in [3.8, 4) is 0 Å². The fraction of sp³-hybridized carbons (Fsp3) is 0.909. The summed E-state index contributed by atoms with van der Waals surface area (Å²) in [5, 5.41) is 0. The van der Waals surface area contributed by atoms with Gasteiger partial charge in [-0.2, -0.15) is 0 Å². The van der Waals surface area contributed by atoms with Crippen molar-refractivity contribution in [1.82, 2.24) is 9.80 Å². The Morgan fingerprint density at radius 3 is 2.13 bits per heavy atom. The molecule has 4 nitrogen and oxygen atoms in total. The van der Waals surface area contributed by atoms with Gasteiger partial charge in [0.15, 0.2) is 0 Å². The smallest absolute Gasteiger partial charge is 0.323 e. The van der Waals surface area contributed by atoms with E-state index in [0.717, 1.165) is 26.2 Å². The lowest BCUT2D eigenvalue weighted by Gasteiger charge is -2.35. The van der Waals surface area contributed by atoms with Crippen LogP contribution in [0.15, 0.2) is 0 Å². The Bertz CT molecular complexity index is 211. The van der Waals surface area contributed by atoms with E-state index in [-0.39, 0.29) is 18.1 Å². The molecule has 1 heterocycles.